The van der Waals surface area contributed by atoms with Crippen LogP contribution >= 0.6 is 0 Å². The number of carbonyl (C=O) groups is 1. The predicted octanol–water partition coefficient (Wildman–Crippen LogP) is -0.395. The third-order valence-electron chi connectivity index (χ3n) is 1.21. The van der Waals surface area contributed by atoms with Gasteiger partial charge in [-0.1, -0.05) is 0 Å². The Kier molecular flexibility index (Phi) is 1.48. The number of aliphatic hydroxyl groups excluding tert-OH is 1. The quantitative estimate of drug-likeness (QED) is 0.451. The van der Waals surface area contributed by atoms with Gasteiger partial charge in [-0.05, 0) is 12.8 Å². The van der Waals surface area contributed by atoms with Crippen molar-refractivity contribution in [2.24, 2.45) is 0 Å². The molecule has 1 amide bonds. The predicted molar refractivity (Wildman–Crippen MR) is 28.0 cm³/mol. The van der Waals surface area contributed by atoms with Crippen LogP contribution in [0.5, 0.6) is 0 Å². The van der Waals surface area contributed by atoms with E-state index in [9.17, 15) is 4.79 Å². The summed E-state index contributed by atoms with van der Waals surface area (Å²) in [5.41, 5.74) is 0. The van der Waals surface area contributed by atoms with Gasteiger partial charge in [0.05, 0.1) is 0 Å². The smallest absolute Gasteiger partial charge is 0.221 e. The van der Waals surface area contributed by atoms with E-state index in [1.165, 1.54) is 0 Å². The lowest BCUT2D eigenvalue weighted by Gasteiger charge is -2.16. The summed E-state index contributed by atoms with van der Waals surface area (Å²) in [5.74, 6) is -0.0382. The van der Waals surface area contributed by atoms with Gasteiger partial charge in [0, 0.05) is 6.42 Å². The molecule has 3 nitrogen and oxygen atoms in total. The number of amides is 1. The molecule has 1 saturated heterocycles. The molecule has 0 aliphatic carbocycles. The molecule has 2 N–H and O–H groups in total. The van der Waals surface area contributed by atoms with Crippen LogP contribution in [0, 0.1) is 0 Å². The van der Waals surface area contributed by atoms with Crippen LogP contribution in [0.1, 0.15) is 19.3 Å². The van der Waals surface area contributed by atoms with Crippen molar-refractivity contribution in [1.82, 2.24) is 5.32 Å². The Morgan fingerprint density at radius 1 is 1.75 bits per heavy atom. The Bertz CT molecular complexity index is 103. The molecule has 8 heavy (non-hydrogen) atoms. The summed E-state index contributed by atoms with van der Waals surface area (Å²) in [6, 6.07) is 0. The van der Waals surface area contributed by atoms with Crippen molar-refractivity contribution in [3.05, 3.63) is 0 Å². The highest BCUT2D eigenvalue weighted by Gasteiger charge is 2.13. The number of hydrogen-bond donors (Lipinski definition) is 2. The zero-order valence-corrected chi connectivity index (χ0v) is 4.55. The van der Waals surface area contributed by atoms with Crippen molar-refractivity contribution < 1.29 is 9.90 Å². The minimum Gasteiger partial charge on any atom is -0.374 e. The second kappa shape index (κ2) is 2.13. The Morgan fingerprint density at radius 2 is 2.50 bits per heavy atom. The highest BCUT2D eigenvalue weighted by molar-refractivity contribution is 5.76. The van der Waals surface area contributed by atoms with Gasteiger partial charge >= 0.3 is 0 Å². The zero-order chi connectivity index (χ0) is 5.98. The summed E-state index contributed by atoms with van der Waals surface area (Å²) >= 11 is 0. The lowest BCUT2D eigenvalue weighted by atomic mass is 10.1. The van der Waals surface area contributed by atoms with E-state index in [1.54, 1.807) is 0 Å². The number of aliphatic hydroxyl groups is 1. The van der Waals surface area contributed by atoms with Gasteiger partial charge in [-0.2, -0.15) is 0 Å². The molecule has 1 fully saturated rings. The standard InChI is InChI=1S/C5H9NO2/c7-4-2-1-3-5(8)6-4/h4,7H,1-3H2,(H,6,8). The van der Waals surface area contributed by atoms with Crippen LogP contribution in [0.15, 0.2) is 0 Å². The number of carbonyl (C=O) groups excluding carboxylic acids is 1. The van der Waals surface area contributed by atoms with Crippen molar-refractivity contribution in [1.29, 1.82) is 0 Å². The second-order valence-corrected chi connectivity index (χ2v) is 1.98. The highest BCUT2D eigenvalue weighted by atomic mass is 16.3. The maximum atomic E-state index is 10.4. The fourth-order valence-corrected chi connectivity index (χ4v) is 0.786. The monoisotopic (exact) mass is 115 g/mol. The molecular formula is C5H9NO2. The summed E-state index contributed by atoms with van der Waals surface area (Å²) in [6.07, 6.45) is 1.49. The first kappa shape index (κ1) is 5.56. The topological polar surface area (TPSA) is 49.3 Å². The van der Waals surface area contributed by atoms with E-state index in [0.29, 0.717) is 12.8 Å². The van der Waals surface area contributed by atoms with Gasteiger partial charge in [-0.3, -0.25) is 4.79 Å². The largest absolute Gasteiger partial charge is 0.374 e. The molecule has 1 atom stereocenters. The first-order valence-corrected chi connectivity index (χ1v) is 2.76. The fourth-order valence-electron chi connectivity index (χ4n) is 0.786. The van der Waals surface area contributed by atoms with Gasteiger partial charge in [0.25, 0.3) is 0 Å². The zero-order valence-electron chi connectivity index (χ0n) is 4.55. The van der Waals surface area contributed by atoms with E-state index in [-0.39, 0.29) is 5.91 Å². The highest BCUT2D eigenvalue weighted by Crippen LogP contribution is 2.04. The molecule has 0 aromatic rings. The van der Waals surface area contributed by atoms with E-state index in [4.69, 9.17) is 5.11 Å². The molecule has 0 aromatic carbocycles. The average Bonchev–Trinajstić information content (AvgIpc) is 1.64. The molecule has 0 saturated carbocycles. The van der Waals surface area contributed by atoms with Crippen molar-refractivity contribution in [3.8, 4) is 0 Å². The van der Waals surface area contributed by atoms with Crippen LogP contribution in [0.25, 0.3) is 0 Å². The van der Waals surface area contributed by atoms with Gasteiger partial charge in [0.2, 0.25) is 5.91 Å². The van der Waals surface area contributed by atoms with E-state index in [0.717, 1.165) is 6.42 Å². The Labute approximate surface area is 47.7 Å². The van der Waals surface area contributed by atoms with Gasteiger partial charge in [0.15, 0.2) is 0 Å². The molecule has 1 unspecified atom stereocenters. The van der Waals surface area contributed by atoms with Crippen LogP contribution in [-0.4, -0.2) is 17.2 Å². The van der Waals surface area contributed by atoms with Gasteiger partial charge in [-0.25, -0.2) is 0 Å². The van der Waals surface area contributed by atoms with Crippen LogP contribution in [0.3, 0.4) is 0 Å². The lowest BCUT2D eigenvalue weighted by Crippen LogP contribution is -2.38. The summed E-state index contributed by atoms with van der Waals surface area (Å²) in [7, 11) is 0. The van der Waals surface area contributed by atoms with Gasteiger partial charge in [-0.15, -0.1) is 0 Å². The molecule has 1 heterocycles. The minimum absolute atomic E-state index is 0.0382. The summed E-state index contributed by atoms with van der Waals surface area (Å²) in [4.78, 5) is 10.4. The Hall–Kier alpha value is -0.570. The Balaban J connectivity index is 2.34. The molecule has 46 valence electrons. The van der Waals surface area contributed by atoms with Crippen molar-refractivity contribution >= 4 is 5.91 Å². The second-order valence-electron chi connectivity index (χ2n) is 1.98. The molecule has 0 bridgehead atoms. The van der Waals surface area contributed by atoms with Crippen LogP contribution in [0.2, 0.25) is 0 Å². The van der Waals surface area contributed by atoms with Crippen LogP contribution in [0.4, 0.5) is 0 Å². The summed E-state index contributed by atoms with van der Waals surface area (Å²) < 4.78 is 0. The minimum atomic E-state index is -0.587. The van der Waals surface area contributed by atoms with Crippen molar-refractivity contribution in [2.75, 3.05) is 0 Å². The normalized spacial score (nSPS) is 29.6. The molecule has 0 radical (unpaired) electrons. The third-order valence-corrected chi connectivity index (χ3v) is 1.21. The molecule has 0 aromatic heterocycles. The maximum Gasteiger partial charge on any atom is 0.221 e. The van der Waals surface area contributed by atoms with Crippen molar-refractivity contribution in [3.63, 3.8) is 0 Å². The molecular weight excluding hydrogens is 106 g/mol. The van der Waals surface area contributed by atoms with E-state index < -0.39 is 6.23 Å². The molecule has 0 spiro atoms. The molecule has 1 aliphatic rings. The number of piperidine rings is 1. The van der Waals surface area contributed by atoms with E-state index in [2.05, 4.69) is 5.32 Å². The third kappa shape index (κ3) is 1.20. The lowest BCUT2D eigenvalue weighted by molar-refractivity contribution is -0.126. The van der Waals surface area contributed by atoms with Crippen LogP contribution in [-0.2, 0) is 4.79 Å². The summed E-state index contributed by atoms with van der Waals surface area (Å²) in [5, 5.41) is 11.1. The fraction of sp³-hybridized carbons (Fsp3) is 0.800. The van der Waals surface area contributed by atoms with E-state index >= 15 is 0 Å². The SMILES string of the molecule is O=C1CCCC(O)N1. The molecule has 3 heteroatoms. The van der Waals surface area contributed by atoms with Gasteiger partial charge in [0.1, 0.15) is 6.23 Å². The first-order chi connectivity index (χ1) is 3.79. The van der Waals surface area contributed by atoms with Crippen molar-refractivity contribution in [2.45, 2.75) is 25.5 Å². The van der Waals surface area contributed by atoms with Crippen LogP contribution < -0.4 is 5.32 Å². The molecule has 1 aliphatic heterocycles. The first-order valence-electron chi connectivity index (χ1n) is 2.76. The number of nitrogens with one attached hydrogen (secondary N) is 1. The van der Waals surface area contributed by atoms with Gasteiger partial charge < -0.3 is 10.4 Å². The average molecular weight is 115 g/mol. The van der Waals surface area contributed by atoms with E-state index in [1.807, 2.05) is 0 Å². The Morgan fingerprint density at radius 3 is 2.88 bits per heavy atom. The summed E-state index contributed by atoms with van der Waals surface area (Å²) in [6.45, 7) is 0. The molecule has 1 rings (SSSR count). The maximum absolute atomic E-state index is 10.4. The number of hydrogen-bond acceptors (Lipinski definition) is 2. The number of rotatable bonds is 0.